The predicted molar refractivity (Wildman–Crippen MR) is 108 cm³/mol. The summed E-state index contributed by atoms with van der Waals surface area (Å²) in [6, 6.07) is 5.27. The lowest BCUT2D eigenvalue weighted by Gasteiger charge is -2.31. The number of amides is 1. The molecule has 0 spiro atoms. The summed E-state index contributed by atoms with van der Waals surface area (Å²) >= 11 is 0. The van der Waals surface area contributed by atoms with Crippen LogP contribution < -0.4 is 0 Å². The molecule has 0 bridgehead atoms. The topological polar surface area (TPSA) is 84.1 Å². The van der Waals surface area contributed by atoms with Gasteiger partial charge in [-0.05, 0) is 29.8 Å². The molecule has 7 nitrogen and oxygen atoms in total. The highest BCUT2D eigenvalue weighted by Gasteiger charge is 2.46. The first-order chi connectivity index (χ1) is 14.8. The van der Waals surface area contributed by atoms with E-state index in [1.165, 1.54) is 24.5 Å². The first-order valence-electron chi connectivity index (χ1n) is 9.31. The fraction of sp³-hybridized carbons (Fsp3) is 0.143. The van der Waals surface area contributed by atoms with Crippen molar-refractivity contribution in [3.8, 4) is 11.1 Å². The van der Waals surface area contributed by atoms with Crippen LogP contribution in [0.4, 0.5) is 8.78 Å². The van der Waals surface area contributed by atoms with E-state index in [4.69, 9.17) is 7.85 Å². The molecule has 0 saturated carbocycles. The zero-order valence-electron chi connectivity index (χ0n) is 16.3. The van der Waals surface area contributed by atoms with Gasteiger partial charge in [-0.15, -0.1) is 0 Å². The lowest BCUT2D eigenvalue weighted by molar-refractivity contribution is -0.0231. The number of hydrogen-bond acceptors (Lipinski definition) is 5. The standard InChI is InChI=1S/C21H14BF2N5O2/c1-28-9-14-13(7-25-8-18(14)27-28)11-5-16(23)15(17(24)6-11)10-29-20(30)12-3-2-4-26-19(12)21(29,22)31/h2-9,31H,10H2,1H3. The van der Waals surface area contributed by atoms with Crippen molar-refractivity contribution in [2.75, 3.05) is 0 Å². The summed E-state index contributed by atoms with van der Waals surface area (Å²) in [6.07, 6.45) is 6.17. The molecule has 1 atom stereocenters. The summed E-state index contributed by atoms with van der Waals surface area (Å²) in [7, 11) is 7.63. The average molecular weight is 417 g/mol. The summed E-state index contributed by atoms with van der Waals surface area (Å²) in [5.41, 5.74) is -1.29. The molecule has 1 aliphatic rings. The quantitative estimate of drug-likeness (QED) is 0.517. The molecule has 0 fully saturated rings. The van der Waals surface area contributed by atoms with E-state index in [1.54, 1.807) is 24.1 Å². The fourth-order valence-corrected chi connectivity index (χ4v) is 3.85. The van der Waals surface area contributed by atoms with Gasteiger partial charge in [0.2, 0.25) is 0 Å². The molecule has 5 rings (SSSR count). The van der Waals surface area contributed by atoms with E-state index in [9.17, 15) is 9.90 Å². The van der Waals surface area contributed by atoms with E-state index in [2.05, 4.69) is 15.1 Å². The normalized spacial score (nSPS) is 18.1. The van der Waals surface area contributed by atoms with Crippen LogP contribution in [0.1, 0.15) is 21.6 Å². The molecule has 4 heterocycles. The molecule has 1 aromatic carbocycles. The highest BCUT2D eigenvalue weighted by molar-refractivity contribution is 6.19. The predicted octanol–water partition coefficient (Wildman–Crippen LogP) is 2.24. The van der Waals surface area contributed by atoms with Gasteiger partial charge < -0.3 is 10.0 Å². The van der Waals surface area contributed by atoms with E-state index in [-0.39, 0.29) is 16.8 Å². The molecule has 1 amide bonds. The zero-order chi connectivity index (χ0) is 21.9. The van der Waals surface area contributed by atoms with Crippen LogP contribution in [0.2, 0.25) is 0 Å². The van der Waals surface area contributed by atoms with Crippen LogP contribution >= 0.6 is 0 Å². The number of nitrogens with zero attached hydrogens (tertiary/aromatic N) is 5. The van der Waals surface area contributed by atoms with Crippen LogP contribution in [-0.2, 0) is 19.2 Å². The van der Waals surface area contributed by atoms with Crippen molar-refractivity contribution in [3.63, 3.8) is 0 Å². The van der Waals surface area contributed by atoms with Crippen LogP contribution in [0, 0.1) is 11.6 Å². The molecule has 3 aromatic heterocycles. The number of pyridine rings is 2. The third-order valence-corrected chi connectivity index (χ3v) is 5.36. The Balaban J connectivity index is 1.55. The number of hydrogen-bond donors (Lipinski definition) is 1. The average Bonchev–Trinajstić information content (AvgIpc) is 3.20. The molecular formula is C21H14BF2N5O2. The van der Waals surface area contributed by atoms with Crippen molar-refractivity contribution in [1.29, 1.82) is 0 Å². The van der Waals surface area contributed by atoms with Gasteiger partial charge in [0, 0.05) is 42.2 Å². The smallest absolute Gasteiger partial charge is 0.258 e. The van der Waals surface area contributed by atoms with Gasteiger partial charge in [-0.2, -0.15) is 5.10 Å². The van der Waals surface area contributed by atoms with Crippen molar-refractivity contribution in [3.05, 3.63) is 77.5 Å². The van der Waals surface area contributed by atoms with Gasteiger partial charge in [-0.1, -0.05) is 0 Å². The van der Waals surface area contributed by atoms with Gasteiger partial charge in [-0.3, -0.25) is 19.4 Å². The lowest BCUT2D eigenvalue weighted by atomic mass is 9.87. The summed E-state index contributed by atoms with van der Waals surface area (Å²) in [5.74, 6) is -2.44. The third kappa shape index (κ3) is 2.90. The van der Waals surface area contributed by atoms with Crippen LogP contribution in [-0.4, -0.2) is 43.5 Å². The summed E-state index contributed by atoms with van der Waals surface area (Å²) < 4.78 is 31.6. The van der Waals surface area contributed by atoms with Crippen molar-refractivity contribution >= 4 is 24.7 Å². The van der Waals surface area contributed by atoms with Gasteiger partial charge in [0.15, 0.2) is 7.85 Å². The zero-order valence-corrected chi connectivity index (χ0v) is 16.3. The lowest BCUT2D eigenvalue weighted by Crippen LogP contribution is -2.44. The Kier molecular flexibility index (Phi) is 4.16. The van der Waals surface area contributed by atoms with Gasteiger partial charge in [0.1, 0.15) is 22.8 Å². The minimum Gasteiger partial charge on any atom is -0.374 e. The Hall–Kier alpha value is -3.66. The monoisotopic (exact) mass is 417 g/mol. The van der Waals surface area contributed by atoms with Gasteiger partial charge >= 0.3 is 0 Å². The van der Waals surface area contributed by atoms with Crippen LogP contribution in [0.15, 0.2) is 49.1 Å². The molecule has 0 saturated heterocycles. The second-order valence-electron chi connectivity index (χ2n) is 7.36. The minimum absolute atomic E-state index is 0.0632. The van der Waals surface area contributed by atoms with Crippen LogP contribution in [0.3, 0.4) is 0 Å². The second kappa shape index (κ2) is 6.68. The number of carbonyl (C=O) groups is 1. The molecule has 31 heavy (non-hydrogen) atoms. The Labute approximate surface area is 176 Å². The highest BCUT2D eigenvalue weighted by atomic mass is 19.1. The SMILES string of the molecule is [B]C1(O)c2ncccc2C(=O)N1Cc1c(F)cc(-c2cncc3nn(C)cc23)cc1F. The van der Waals surface area contributed by atoms with E-state index >= 15 is 8.78 Å². The molecule has 1 unspecified atom stereocenters. The first kappa shape index (κ1) is 19.3. The summed E-state index contributed by atoms with van der Waals surface area (Å²) in [4.78, 5) is 21.5. The number of aryl methyl sites for hydroxylation is 1. The number of aromatic nitrogens is 4. The van der Waals surface area contributed by atoms with E-state index in [0.717, 1.165) is 17.0 Å². The van der Waals surface area contributed by atoms with Gasteiger partial charge in [0.25, 0.3) is 5.91 Å². The Morgan fingerprint density at radius 1 is 1.19 bits per heavy atom. The molecule has 1 aliphatic heterocycles. The van der Waals surface area contributed by atoms with Gasteiger partial charge in [0.05, 0.1) is 24.0 Å². The maximum absolute atomic E-state index is 15.0. The maximum Gasteiger partial charge on any atom is 0.258 e. The Morgan fingerprint density at radius 2 is 1.94 bits per heavy atom. The van der Waals surface area contributed by atoms with Crippen molar-refractivity contribution < 1.29 is 18.7 Å². The number of rotatable bonds is 3. The highest BCUT2D eigenvalue weighted by Crippen LogP contribution is 2.36. The van der Waals surface area contributed by atoms with E-state index in [0.29, 0.717) is 16.5 Å². The first-order valence-corrected chi connectivity index (χ1v) is 9.31. The largest absolute Gasteiger partial charge is 0.374 e. The van der Waals surface area contributed by atoms with E-state index < -0.39 is 35.3 Å². The maximum atomic E-state index is 15.0. The fourth-order valence-electron chi connectivity index (χ4n) is 3.85. The van der Waals surface area contributed by atoms with Crippen LogP contribution in [0.25, 0.3) is 22.0 Å². The molecular weight excluding hydrogens is 403 g/mol. The molecule has 1 N–H and O–H groups in total. The van der Waals surface area contributed by atoms with E-state index in [1.807, 2.05) is 0 Å². The minimum atomic E-state index is -2.28. The molecule has 0 aliphatic carbocycles. The van der Waals surface area contributed by atoms with Crippen LogP contribution in [0.5, 0.6) is 0 Å². The number of halogens is 2. The Morgan fingerprint density at radius 3 is 2.65 bits per heavy atom. The molecule has 2 radical (unpaired) electrons. The van der Waals surface area contributed by atoms with Gasteiger partial charge in [-0.25, -0.2) is 8.78 Å². The van der Waals surface area contributed by atoms with Crippen molar-refractivity contribution in [2.45, 2.75) is 12.2 Å². The Bertz CT molecular complexity index is 1350. The third-order valence-electron chi connectivity index (χ3n) is 5.36. The van der Waals surface area contributed by atoms with Crippen molar-refractivity contribution in [2.24, 2.45) is 7.05 Å². The number of aliphatic hydroxyl groups is 1. The molecule has 152 valence electrons. The molecule has 10 heteroatoms. The number of carbonyl (C=O) groups excluding carboxylic acids is 1. The van der Waals surface area contributed by atoms with Crippen molar-refractivity contribution in [1.82, 2.24) is 24.6 Å². The summed E-state index contributed by atoms with van der Waals surface area (Å²) in [6.45, 7) is -0.574. The molecule has 4 aromatic rings. The number of benzene rings is 1. The summed E-state index contributed by atoms with van der Waals surface area (Å²) in [5, 5.41) is 15.6. The second-order valence-corrected chi connectivity index (χ2v) is 7.36. The number of fused-ring (bicyclic) bond motifs is 2.